The molecule has 1 atom stereocenters. The molecule has 1 unspecified atom stereocenters. The second kappa shape index (κ2) is 6.35. The monoisotopic (exact) mass is 284 g/mol. The molecular weight excluding hydrogens is 260 g/mol. The zero-order chi connectivity index (χ0) is 14.7. The predicted molar refractivity (Wildman–Crippen MR) is 85.9 cm³/mol. The third-order valence-corrected chi connectivity index (χ3v) is 4.26. The summed E-state index contributed by atoms with van der Waals surface area (Å²) < 4.78 is 7.62. The standard InChI is InChI=1S/C18H24N2O/c1-3-19-18-9-5-7-15-12-20(13-17(15)18)11-14-6-4-8-16(10-14)21-2/h4,6,8,10,12-13,18-19H,3,5,7,9,11H2,1-2H3. The van der Waals surface area contributed by atoms with Crippen LogP contribution in [-0.4, -0.2) is 18.2 Å². The number of hydrogen-bond donors (Lipinski definition) is 1. The molecule has 1 N–H and O–H groups in total. The number of aromatic nitrogens is 1. The van der Waals surface area contributed by atoms with Gasteiger partial charge in [0.05, 0.1) is 7.11 Å². The number of nitrogens with zero attached hydrogens (tertiary/aromatic N) is 1. The zero-order valence-electron chi connectivity index (χ0n) is 12.9. The molecule has 1 aromatic heterocycles. The fraction of sp³-hybridized carbons (Fsp3) is 0.444. The van der Waals surface area contributed by atoms with Crippen molar-refractivity contribution in [2.24, 2.45) is 0 Å². The third-order valence-electron chi connectivity index (χ3n) is 4.26. The van der Waals surface area contributed by atoms with E-state index in [1.165, 1.54) is 36.0 Å². The first-order valence-electron chi connectivity index (χ1n) is 7.85. The number of benzene rings is 1. The molecule has 0 spiro atoms. The lowest BCUT2D eigenvalue weighted by Gasteiger charge is -2.22. The number of aryl methyl sites for hydroxylation is 1. The molecule has 0 saturated heterocycles. The molecule has 2 aromatic rings. The van der Waals surface area contributed by atoms with Gasteiger partial charge in [0, 0.05) is 25.0 Å². The van der Waals surface area contributed by atoms with Gasteiger partial charge in [-0.25, -0.2) is 0 Å². The maximum Gasteiger partial charge on any atom is 0.119 e. The Morgan fingerprint density at radius 1 is 1.33 bits per heavy atom. The van der Waals surface area contributed by atoms with E-state index in [4.69, 9.17) is 4.74 Å². The van der Waals surface area contributed by atoms with Crippen LogP contribution in [0.25, 0.3) is 0 Å². The van der Waals surface area contributed by atoms with Crippen molar-refractivity contribution in [3.05, 3.63) is 53.3 Å². The highest BCUT2D eigenvalue weighted by molar-refractivity contribution is 5.32. The van der Waals surface area contributed by atoms with Gasteiger partial charge in [-0.2, -0.15) is 0 Å². The Kier molecular flexibility index (Phi) is 4.30. The van der Waals surface area contributed by atoms with E-state index in [-0.39, 0.29) is 0 Å². The minimum absolute atomic E-state index is 0.533. The van der Waals surface area contributed by atoms with E-state index in [1.54, 1.807) is 7.11 Å². The molecule has 0 aliphatic heterocycles. The Labute approximate surface area is 126 Å². The van der Waals surface area contributed by atoms with Crippen molar-refractivity contribution in [3.63, 3.8) is 0 Å². The van der Waals surface area contributed by atoms with Crippen LogP contribution in [0.5, 0.6) is 5.75 Å². The number of ether oxygens (including phenoxy) is 1. The summed E-state index contributed by atoms with van der Waals surface area (Å²) in [6.45, 7) is 4.12. The summed E-state index contributed by atoms with van der Waals surface area (Å²) in [5.41, 5.74) is 4.28. The molecule has 1 heterocycles. The Bertz CT molecular complexity index is 603. The van der Waals surface area contributed by atoms with Crippen LogP contribution in [-0.2, 0) is 13.0 Å². The van der Waals surface area contributed by atoms with Crippen molar-refractivity contribution in [1.29, 1.82) is 0 Å². The largest absolute Gasteiger partial charge is 0.497 e. The van der Waals surface area contributed by atoms with Crippen LogP contribution in [0.3, 0.4) is 0 Å². The Hall–Kier alpha value is -1.74. The highest BCUT2D eigenvalue weighted by atomic mass is 16.5. The fourth-order valence-electron chi connectivity index (χ4n) is 3.28. The minimum Gasteiger partial charge on any atom is -0.497 e. The van der Waals surface area contributed by atoms with Gasteiger partial charge in [0.2, 0.25) is 0 Å². The Morgan fingerprint density at radius 2 is 2.24 bits per heavy atom. The number of fused-ring (bicyclic) bond motifs is 1. The van der Waals surface area contributed by atoms with Crippen LogP contribution in [0.4, 0.5) is 0 Å². The molecule has 21 heavy (non-hydrogen) atoms. The topological polar surface area (TPSA) is 26.2 Å². The first-order chi connectivity index (χ1) is 10.3. The van der Waals surface area contributed by atoms with E-state index in [0.717, 1.165) is 18.8 Å². The van der Waals surface area contributed by atoms with E-state index in [2.05, 4.69) is 47.4 Å². The van der Waals surface area contributed by atoms with Crippen LogP contribution in [0.1, 0.15) is 42.5 Å². The summed E-state index contributed by atoms with van der Waals surface area (Å²) in [4.78, 5) is 0. The van der Waals surface area contributed by atoms with Gasteiger partial charge in [0.25, 0.3) is 0 Å². The third kappa shape index (κ3) is 3.13. The molecular formula is C18H24N2O. The molecule has 1 aliphatic carbocycles. The molecule has 3 heteroatoms. The summed E-state index contributed by atoms with van der Waals surface area (Å²) in [7, 11) is 1.72. The summed E-state index contributed by atoms with van der Waals surface area (Å²) in [5, 5.41) is 3.60. The second-order valence-electron chi connectivity index (χ2n) is 5.77. The molecule has 0 radical (unpaired) electrons. The molecule has 1 aromatic carbocycles. The Balaban J connectivity index is 1.80. The van der Waals surface area contributed by atoms with E-state index >= 15 is 0 Å². The van der Waals surface area contributed by atoms with Gasteiger partial charge in [-0.05, 0) is 54.6 Å². The zero-order valence-corrected chi connectivity index (χ0v) is 12.9. The highest BCUT2D eigenvalue weighted by Gasteiger charge is 2.21. The molecule has 0 bridgehead atoms. The van der Waals surface area contributed by atoms with E-state index in [9.17, 15) is 0 Å². The number of hydrogen-bond acceptors (Lipinski definition) is 2. The number of rotatable bonds is 5. The van der Waals surface area contributed by atoms with Crippen molar-refractivity contribution >= 4 is 0 Å². The van der Waals surface area contributed by atoms with E-state index < -0.39 is 0 Å². The van der Waals surface area contributed by atoms with Gasteiger partial charge in [-0.15, -0.1) is 0 Å². The SMILES string of the molecule is CCNC1CCCc2cn(Cc3cccc(OC)c3)cc21. The molecule has 3 nitrogen and oxygen atoms in total. The lowest BCUT2D eigenvalue weighted by atomic mass is 9.91. The van der Waals surface area contributed by atoms with Crippen LogP contribution in [0, 0.1) is 0 Å². The maximum absolute atomic E-state index is 5.30. The summed E-state index contributed by atoms with van der Waals surface area (Å²) in [5.74, 6) is 0.926. The van der Waals surface area contributed by atoms with Gasteiger partial charge >= 0.3 is 0 Å². The van der Waals surface area contributed by atoms with Crippen LogP contribution < -0.4 is 10.1 Å². The predicted octanol–water partition coefficient (Wildman–Crippen LogP) is 3.53. The van der Waals surface area contributed by atoms with Crippen LogP contribution >= 0.6 is 0 Å². The first kappa shape index (κ1) is 14.2. The fourth-order valence-corrected chi connectivity index (χ4v) is 3.28. The molecule has 0 amide bonds. The summed E-state index contributed by atoms with van der Waals surface area (Å²) in [6.07, 6.45) is 8.39. The average molecular weight is 284 g/mol. The normalized spacial score (nSPS) is 17.5. The quantitative estimate of drug-likeness (QED) is 0.909. The number of nitrogens with one attached hydrogen (secondary N) is 1. The van der Waals surface area contributed by atoms with Crippen molar-refractivity contribution in [3.8, 4) is 5.75 Å². The maximum atomic E-state index is 5.30. The summed E-state index contributed by atoms with van der Waals surface area (Å²) >= 11 is 0. The van der Waals surface area contributed by atoms with E-state index in [0.29, 0.717) is 6.04 Å². The second-order valence-corrected chi connectivity index (χ2v) is 5.77. The molecule has 112 valence electrons. The average Bonchev–Trinajstić information content (AvgIpc) is 2.91. The number of methoxy groups -OCH3 is 1. The molecule has 1 aliphatic rings. The van der Waals surface area contributed by atoms with Crippen LogP contribution in [0.15, 0.2) is 36.7 Å². The van der Waals surface area contributed by atoms with Crippen molar-refractivity contribution < 1.29 is 4.74 Å². The first-order valence-corrected chi connectivity index (χ1v) is 7.85. The van der Waals surface area contributed by atoms with Crippen molar-refractivity contribution in [2.75, 3.05) is 13.7 Å². The van der Waals surface area contributed by atoms with Gasteiger partial charge in [0.1, 0.15) is 5.75 Å². The smallest absolute Gasteiger partial charge is 0.119 e. The van der Waals surface area contributed by atoms with Crippen molar-refractivity contribution in [1.82, 2.24) is 9.88 Å². The molecule has 0 saturated carbocycles. The molecule has 0 fully saturated rings. The van der Waals surface area contributed by atoms with Gasteiger partial charge in [-0.1, -0.05) is 19.1 Å². The molecule has 3 rings (SSSR count). The van der Waals surface area contributed by atoms with Crippen LogP contribution in [0.2, 0.25) is 0 Å². The van der Waals surface area contributed by atoms with E-state index in [1.807, 2.05) is 6.07 Å². The lowest BCUT2D eigenvalue weighted by Crippen LogP contribution is -2.23. The van der Waals surface area contributed by atoms with Gasteiger partial charge in [-0.3, -0.25) is 0 Å². The highest BCUT2D eigenvalue weighted by Crippen LogP contribution is 2.30. The van der Waals surface area contributed by atoms with Gasteiger partial charge < -0.3 is 14.6 Å². The Morgan fingerprint density at radius 3 is 3.05 bits per heavy atom. The summed E-state index contributed by atoms with van der Waals surface area (Å²) in [6, 6.07) is 8.85. The lowest BCUT2D eigenvalue weighted by molar-refractivity contribution is 0.414. The van der Waals surface area contributed by atoms with Crippen molar-refractivity contribution in [2.45, 2.75) is 38.8 Å². The minimum atomic E-state index is 0.533. The van der Waals surface area contributed by atoms with Gasteiger partial charge in [0.15, 0.2) is 0 Å².